The van der Waals surface area contributed by atoms with Gasteiger partial charge in [-0.3, -0.25) is 9.69 Å². The van der Waals surface area contributed by atoms with Crippen molar-refractivity contribution in [1.29, 1.82) is 0 Å². The number of nitrogens with one attached hydrogen (secondary N) is 2. The fourth-order valence-corrected chi connectivity index (χ4v) is 2.29. The molecule has 2 rings (SSSR count). The lowest BCUT2D eigenvalue weighted by Gasteiger charge is -2.16. The second-order valence-corrected chi connectivity index (χ2v) is 4.61. The summed E-state index contributed by atoms with van der Waals surface area (Å²) in [5.41, 5.74) is 3.71. The number of likely N-dealkylation sites (tertiary alicyclic amines) is 1. The molecule has 1 aliphatic rings. The number of hydrazine groups is 1. The third-order valence-electron chi connectivity index (χ3n) is 3.06. The van der Waals surface area contributed by atoms with Crippen LogP contribution in [0.4, 0.5) is 5.82 Å². The second-order valence-electron chi connectivity index (χ2n) is 4.61. The molecule has 98 valence electrons. The number of nitrogen functional groups attached to an aromatic ring is 1. The molecule has 0 aliphatic carbocycles. The number of nitrogens with zero attached hydrogens (tertiary/aromatic N) is 2. The first-order chi connectivity index (χ1) is 8.67. The summed E-state index contributed by atoms with van der Waals surface area (Å²) in [6.07, 6.45) is 2.75. The predicted molar refractivity (Wildman–Crippen MR) is 69.5 cm³/mol. The van der Waals surface area contributed by atoms with Crippen LogP contribution in [-0.4, -0.2) is 34.9 Å². The summed E-state index contributed by atoms with van der Waals surface area (Å²) >= 11 is 0. The highest BCUT2D eigenvalue weighted by atomic mass is 16.1. The maximum atomic E-state index is 11.0. The number of nitrogens with two attached hydrogens (primary N) is 1. The van der Waals surface area contributed by atoms with Crippen LogP contribution in [0.25, 0.3) is 0 Å². The van der Waals surface area contributed by atoms with Crippen LogP contribution >= 0.6 is 0 Å². The number of rotatable bonds is 4. The van der Waals surface area contributed by atoms with Gasteiger partial charge in [-0.2, -0.15) is 0 Å². The molecule has 6 nitrogen and oxygen atoms in total. The Morgan fingerprint density at radius 1 is 1.67 bits per heavy atom. The van der Waals surface area contributed by atoms with E-state index in [1.54, 1.807) is 13.1 Å². The predicted octanol–water partition coefficient (Wildman–Crippen LogP) is 0.0776. The van der Waals surface area contributed by atoms with E-state index in [0.717, 1.165) is 26.1 Å². The summed E-state index contributed by atoms with van der Waals surface area (Å²) in [6.45, 7) is 4.31. The number of hydrogen-bond donors (Lipinski definition) is 3. The summed E-state index contributed by atoms with van der Waals surface area (Å²) in [7, 11) is 0. The summed E-state index contributed by atoms with van der Waals surface area (Å²) in [6, 6.07) is 4.19. The zero-order valence-electron chi connectivity index (χ0n) is 10.5. The molecule has 1 amide bonds. The van der Waals surface area contributed by atoms with Crippen LogP contribution in [0.3, 0.4) is 0 Å². The maximum Gasteiger partial charge on any atom is 0.217 e. The van der Waals surface area contributed by atoms with Crippen LogP contribution in [-0.2, 0) is 11.3 Å². The van der Waals surface area contributed by atoms with Crippen LogP contribution in [0.2, 0.25) is 0 Å². The molecule has 1 aromatic heterocycles. The van der Waals surface area contributed by atoms with Crippen LogP contribution < -0.4 is 16.6 Å². The molecular formula is C12H19N5O. The molecule has 0 saturated carbocycles. The lowest BCUT2D eigenvalue weighted by Crippen LogP contribution is -2.35. The van der Waals surface area contributed by atoms with Crippen molar-refractivity contribution >= 4 is 11.7 Å². The summed E-state index contributed by atoms with van der Waals surface area (Å²) in [5.74, 6) is 6.04. The standard InChI is InChI=1S/C12H19N5O/c1-9(18)15-11-3-5-17(8-11)7-10-2-4-14-12(6-10)16-13/h2,4,6,11H,3,5,7-8,13H2,1H3,(H,14,16)(H,15,18). The van der Waals surface area contributed by atoms with Crippen molar-refractivity contribution in [1.82, 2.24) is 15.2 Å². The van der Waals surface area contributed by atoms with Gasteiger partial charge < -0.3 is 10.7 Å². The Bertz CT molecular complexity index is 423. The molecule has 0 radical (unpaired) electrons. The van der Waals surface area contributed by atoms with Gasteiger partial charge in [-0.1, -0.05) is 0 Å². The molecule has 6 heteroatoms. The zero-order valence-corrected chi connectivity index (χ0v) is 10.5. The number of amides is 1. The van der Waals surface area contributed by atoms with E-state index in [9.17, 15) is 4.79 Å². The number of anilines is 1. The van der Waals surface area contributed by atoms with Crippen molar-refractivity contribution in [2.45, 2.75) is 25.9 Å². The third kappa shape index (κ3) is 3.41. The largest absolute Gasteiger partial charge is 0.352 e. The number of aromatic nitrogens is 1. The number of carbonyl (C=O) groups excluding carboxylic acids is 1. The third-order valence-corrected chi connectivity index (χ3v) is 3.06. The van der Waals surface area contributed by atoms with Gasteiger partial charge in [0.1, 0.15) is 5.82 Å². The Labute approximate surface area is 107 Å². The van der Waals surface area contributed by atoms with Gasteiger partial charge in [-0.05, 0) is 24.1 Å². The van der Waals surface area contributed by atoms with Crippen LogP contribution in [0.1, 0.15) is 18.9 Å². The first-order valence-corrected chi connectivity index (χ1v) is 6.08. The summed E-state index contributed by atoms with van der Waals surface area (Å²) < 4.78 is 0. The zero-order chi connectivity index (χ0) is 13.0. The molecule has 0 spiro atoms. The molecule has 1 atom stereocenters. The molecule has 0 aromatic carbocycles. The van der Waals surface area contributed by atoms with E-state index in [-0.39, 0.29) is 11.9 Å². The van der Waals surface area contributed by atoms with Gasteiger partial charge in [-0.25, -0.2) is 10.8 Å². The molecule has 18 heavy (non-hydrogen) atoms. The Morgan fingerprint density at radius 2 is 2.50 bits per heavy atom. The highest BCUT2D eigenvalue weighted by Crippen LogP contribution is 2.14. The van der Waals surface area contributed by atoms with E-state index in [1.165, 1.54) is 5.56 Å². The Hall–Kier alpha value is -1.66. The highest BCUT2D eigenvalue weighted by Gasteiger charge is 2.22. The van der Waals surface area contributed by atoms with E-state index < -0.39 is 0 Å². The molecule has 1 aromatic rings. The number of carbonyl (C=O) groups is 1. The van der Waals surface area contributed by atoms with Crippen molar-refractivity contribution in [2.24, 2.45) is 5.84 Å². The Morgan fingerprint density at radius 3 is 3.22 bits per heavy atom. The lowest BCUT2D eigenvalue weighted by molar-refractivity contribution is -0.119. The van der Waals surface area contributed by atoms with E-state index in [4.69, 9.17) is 5.84 Å². The minimum absolute atomic E-state index is 0.0420. The van der Waals surface area contributed by atoms with Crippen molar-refractivity contribution in [3.8, 4) is 0 Å². The van der Waals surface area contributed by atoms with Crippen LogP contribution in [0.15, 0.2) is 18.3 Å². The van der Waals surface area contributed by atoms with Crippen molar-refractivity contribution < 1.29 is 4.79 Å². The fraction of sp³-hybridized carbons (Fsp3) is 0.500. The highest BCUT2D eigenvalue weighted by molar-refractivity contribution is 5.73. The van der Waals surface area contributed by atoms with E-state index >= 15 is 0 Å². The van der Waals surface area contributed by atoms with E-state index in [1.807, 2.05) is 12.1 Å². The lowest BCUT2D eigenvalue weighted by atomic mass is 10.2. The smallest absolute Gasteiger partial charge is 0.217 e. The normalized spacial score (nSPS) is 19.8. The van der Waals surface area contributed by atoms with Gasteiger partial charge in [0, 0.05) is 38.8 Å². The molecule has 4 N–H and O–H groups in total. The second kappa shape index (κ2) is 5.79. The van der Waals surface area contributed by atoms with Gasteiger partial charge in [0.25, 0.3) is 0 Å². The van der Waals surface area contributed by atoms with Gasteiger partial charge in [-0.15, -0.1) is 0 Å². The van der Waals surface area contributed by atoms with E-state index in [0.29, 0.717) is 5.82 Å². The van der Waals surface area contributed by atoms with Crippen molar-refractivity contribution in [2.75, 3.05) is 18.5 Å². The quantitative estimate of drug-likeness (QED) is 0.520. The maximum absolute atomic E-state index is 11.0. The number of pyridine rings is 1. The molecule has 0 bridgehead atoms. The molecule has 1 saturated heterocycles. The fourth-order valence-electron chi connectivity index (χ4n) is 2.29. The molecular weight excluding hydrogens is 230 g/mol. The summed E-state index contributed by atoms with van der Waals surface area (Å²) in [5, 5.41) is 2.95. The molecule has 2 heterocycles. The van der Waals surface area contributed by atoms with Crippen LogP contribution in [0, 0.1) is 0 Å². The summed E-state index contributed by atoms with van der Waals surface area (Å²) in [4.78, 5) is 17.4. The minimum Gasteiger partial charge on any atom is -0.352 e. The topological polar surface area (TPSA) is 83.3 Å². The van der Waals surface area contributed by atoms with Crippen molar-refractivity contribution in [3.63, 3.8) is 0 Å². The monoisotopic (exact) mass is 249 g/mol. The number of hydrogen-bond acceptors (Lipinski definition) is 5. The van der Waals surface area contributed by atoms with Crippen LogP contribution in [0.5, 0.6) is 0 Å². The Balaban J connectivity index is 1.88. The van der Waals surface area contributed by atoms with Gasteiger partial charge in [0.2, 0.25) is 5.91 Å². The van der Waals surface area contributed by atoms with Crippen molar-refractivity contribution in [3.05, 3.63) is 23.9 Å². The average molecular weight is 249 g/mol. The first-order valence-electron chi connectivity index (χ1n) is 6.08. The minimum atomic E-state index is 0.0420. The van der Waals surface area contributed by atoms with Gasteiger partial charge >= 0.3 is 0 Å². The molecule has 1 aliphatic heterocycles. The SMILES string of the molecule is CC(=O)NC1CCN(Cc2ccnc(NN)c2)C1. The Kier molecular flexibility index (Phi) is 4.11. The molecule has 1 unspecified atom stereocenters. The van der Waals surface area contributed by atoms with Gasteiger partial charge in [0.05, 0.1) is 0 Å². The average Bonchev–Trinajstić information content (AvgIpc) is 2.76. The van der Waals surface area contributed by atoms with E-state index in [2.05, 4.69) is 20.6 Å². The van der Waals surface area contributed by atoms with Gasteiger partial charge in [0.15, 0.2) is 0 Å². The molecule has 1 fully saturated rings. The first kappa shape index (κ1) is 12.8.